The Kier molecular flexibility index (Phi) is 3.82. The first-order valence-corrected chi connectivity index (χ1v) is 7.37. The summed E-state index contributed by atoms with van der Waals surface area (Å²) in [6.45, 7) is 1.99. The molecule has 1 saturated heterocycles. The summed E-state index contributed by atoms with van der Waals surface area (Å²) in [5, 5.41) is 3.33. The van der Waals surface area contributed by atoms with Gasteiger partial charge < -0.3 is 10.1 Å². The van der Waals surface area contributed by atoms with E-state index in [1.54, 1.807) is 0 Å². The van der Waals surface area contributed by atoms with Gasteiger partial charge in [-0.05, 0) is 56.7 Å². The molecule has 2 fully saturated rings. The van der Waals surface area contributed by atoms with Gasteiger partial charge in [-0.1, -0.05) is 0 Å². The number of nitrogens with zero attached hydrogens (tertiary/aromatic N) is 1. The number of ether oxygens (including phenoxy) is 1. The SMILES string of the molecule is FC(F)(F)c1ccncc1OC1CCC2(CCNCC2)C1. The molecule has 1 aromatic rings. The van der Waals surface area contributed by atoms with Crippen LogP contribution in [0.4, 0.5) is 13.2 Å². The van der Waals surface area contributed by atoms with Gasteiger partial charge in [0, 0.05) is 6.20 Å². The summed E-state index contributed by atoms with van der Waals surface area (Å²) < 4.78 is 44.5. The molecular weight excluding hydrogens is 281 g/mol. The molecular formula is C15H19F3N2O. The van der Waals surface area contributed by atoms with E-state index in [-0.39, 0.29) is 17.3 Å². The number of aromatic nitrogens is 1. The Morgan fingerprint density at radius 2 is 2.00 bits per heavy atom. The van der Waals surface area contributed by atoms with Crippen LogP contribution in [0.2, 0.25) is 0 Å². The molecule has 0 bridgehead atoms. The second-order valence-corrected chi connectivity index (χ2v) is 6.10. The fourth-order valence-electron chi connectivity index (χ4n) is 3.55. The third kappa shape index (κ3) is 3.15. The fourth-order valence-corrected chi connectivity index (χ4v) is 3.55. The van der Waals surface area contributed by atoms with E-state index < -0.39 is 11.7 Å². The Labute approximate surface area is 121 Å². The van der Waals surface area contributed by atoms with Crippen molar-refractivity contribution in [3.63, 3.8) is 0 Å². The van der Waals surface area contributed by atoms with Crippen LogP contribution in [0.3, 0.4) is 0 Å². The minimum Gasteiger partial charge on any atom is -0.488 e. The second kappa shape index (κ2) is 5.48. The summed E-state index contributed by atoms with van der Waals surface area (Å²) in [7, 11) is 0. The van der Waals surface area contributed by atoms with Crippen molar-refractivity contribution in [3.05, 3.63) is 24.0 Å². The van der Waals surface area contributed by atoms with Gasteiger partial charge >= 0.3 is 6.18 Å². The molecule has 2 aliphatic rings. The number of pyridine rings is 1. The number of nitrogens with one attached hydrogen (secondary N) is 1. The normalized spacial score (nSPS) is 25.2. The maximum absolute atomic E-state index is 13.0. The molecule has 1 aromatic heterocycles. The van der Waals surface area contributed by atoms with Gasteiger partial charge in [-0.25, -0.2) is 0 Å². The molecule has 6 heteroatoms. The third-order valence-electron chi connectivity index (χ3n) is 4.71. The highest BCUT2D eigenvalue weighted by molar-refractivity contribution is 5.32. The van der Waals surface area contributed by atoms with E-state index in [0.717, 1.165) is 57.5 Å². The zero-order valence-electron chi connectivity index (χ0n) is 11.7. The van der Waals surface area contributed by atoms with Gasteiger partial charge in [0.15, 0.2) is 0 Å². The first kappa shape index (κ1) is 14.6. The first-order chi connectivity index (χ1) is 9.99. The van der Waals surface area contributed by atoms with Crippen molar-refractivity contribution in [2.45, 2.75) is 44.4 Å². The molecule has 1 saturated carbocycles. The Morgan fingerprint density at radius 1 is 1.24 bits per heavy atom. The zero-order chi connectivity index (χ0) is 14.9. The van der Waals surface area contributed by atoms with Crippen molar-refractivity contribution in [3.8, 4) is 5.75 Å². The maximum atomic E-state index is 13.0. The number of halogens is 3. The van der Waals surface area contributed by atoms with Gasteiger partial charge in [-0.15, -0.1) is 0 Å². The van der Waals surface area contributed by atoms with E-state index in [9.17, 15) is 13.2 Å². The summed E-state index contributed by atoms with van der Waals surface area (Å²) in [5.41, 5.74) is -0.472. The molecule has 1 spiro atoms. The molecule has 3 nitrogen and oxygen atoms in total. The monoisotopic (exact) mass is 300 g/mol. The lowest BCUT2D eigenvalue weighted by Crippen LogP contribution is -2.35. The van der Waals surface area contributed by atoms with Crippen molar-refractivity contribution < 1.29 is 17.9 Å². The highest BCUT2D eigenvalue weighted by Crippen LogP contribution is 2.47. The minimum absolute atomic E-state index is 0.131. The molecule has 3 rings (SSSR count). The fraction of sp³-hybridized carbons (Fsp3) is 0.667. The van der Waals surface area contributed by atoms with Gasteiger partial charge in [-0.2, -0.15) is 13.2 Å². The number of hydrogen-bond donors (Lipinski definition) is 1. The van der Waals surface area contributed by atoms with Crippen LogP contribution in [-0.4, -0.2) is 24.2 Å². The van der Waals surface area contributed by atoms with Crippen molar-refractivity contribution in [2.75, 3.05) is 13.1 Å². The topological polar surface area (TPSA) is 34.1 Å². The van der Waals surface area contributed by atoms with E-state index in [4.69, 9.17) is 4.74 Å². The number of alkyl halides is 3. The van der Waals surface area contributed by atoms with Gasteiger partial charge in [0.25, 0.3) is 0 Å². The second-order valence-electron chi connectivity index (χ2n) is 6.10. The quantitative estimate of drug-likeness (QED) is 0.909. The molecule has 1 unspecified atom stereocenters. The highest BCUT2D eigenvalue weighted by atomic mass is 19.4. The summed E-state index contributed by atoms with van der Waals surface area (Å²) in [5.74, 6) is -0.138. The van der Waals surface area contributed by atoms with E-state index in [1.807, 2.05) is 0 Å². The number of hydrogen-bond acceptors (Lipinski definition) is 3. The summed E-state index contributed by atoms with van der Waals surface area (Å²) in [4.78, 5) is 3.77. The molecule has 1 aliphatic carbocycles. The summed E-state index contributed by atoms with van der Waals surface area (Å²) >= 11 is 0. The van der Waals surface area contributed by atoms with Crippen LogP contribution in [-0.2, 0) is 6.18 Å². The van der Waals surface area contributed by atoms with Crippen molar-refractivity contribution in [1.29, 1.82) is 0 Å². The van der Waals surface area contributed by atoms with Crippen LogP contribution in [0.1, 0.15) is 37.7 Å². The molecule has 1 aliphatic heterocycles. The maximum Gasteiger partial charge on any atom is 0.420 e. The van der Waals surface area contributed by atoms with Gasteiger partial charge in [0.1, 0.15) is 11.3 Å². The average molecular weight is 300 g/mol. The van der Waals surface area contributed by atoms with Crippen LogP contribution >= 0.6 is 0 Å². The molecule has 21 heavy (non-hydrogen) atoms. The Morgan fingerprint density at radius 3 is 2.71 bits per heavy atom. The van der Waals surface area contributed by atoms with Crippen LogP contribution < -0.4 is 10.1 Å². The van der Waals surface area contributed by atoms with E-state index in [2.05, 4.69) is 10.3 Å². The van der Waals surface area contributed by atoms with Crippen LogP contribution in [0.5, 0.6) is 5.75 Å². The summed E-state index contributed by atoms with van der Waals surface area (Å²) in [6, 6.07) is 0.977. The smallest absolute Gasteiger partial charge is 0.420 e. The van der Waals surface area contributed by atoms with E-state index >= 15 is 0 Å². The lowest BCUT2D eigenvalue weighted by Gasteiger charge is -2.33. The van der Waals surface area contributed by atoms with Crippen LogP contribution in [0.25, 0.3) is 0 Å². The predicted molar refractivity (Wildman–Crippen MR) is 72.0 cm³/mol. The Bertz CT molecular complexity index is 498. The Balaban J connectivity index is 1.71. The largest absolute Gasteiger partial charge is 0.488 e. The molecule has 0 amide bonds. The summed E-state index contributed by atoms with van der Waals surface area (Å²) in [6.07, 6.45) is 2.69. The molecule has 0 aromatic carbocycles. The molecule has 0 radical (unpaired) electrons. The molecule has 1 N–H and O–H groups in total. The molecule has 1 atom stereocenters. The van der Waals surface area contributed by atoms with E-state index in [1.165, 1.54) is 6.20 Å². The standard InChI is InChI=1S/C15H19F3N2O/c16-15(17,18)12-2-6-20-10-13(12)21-11-1-3-14(9-11)4-7-19-8-5-14/h2,6,10-11,19H,1,3-5,7-9H2. The highest BCUT2D eigenvalue weighted by Gasteiger charge is 2.42. The predicted octanol–water partition coefficient (Wildman–Crippen LogP) is 3.40. The van der Waals surface area contributed by atoms with Crippen molar-refractivity contribution in [2.24, 2.45) is 5.41 Å². The lowest BCUT2D eigenvalue weighted by atomic mass is 9.77. The van der Waals surface area contributed by atoms with Crippen molar-refractivity contribution in [1.82, 2.24) is 10.3 Å². The van der Waals surface area contributed by atoms with Gasteiger partial charge in [0.05, 0.1) is 12.3 Å². The van der Waals surface area contributed by atoms with Gasteiger partial charge in [0.2, 0.25) is 0 Å². The average Bonchev–Trinajstić information content (AvgIpc) is 2.81. The minimum atomic E-state index is -4.40. The first-order valence-electron chi connectivity index (χ1n) is 7.37. The van der Waals surface area contributed by atoms with Crippen LogP contribution in [0, 0.1) is 5.41 Å². The number of piperidine rings is 1. The molecule has 2 heterocycles. The lowest BCUT2D eigenvalue weighted by molar-refractivity contribution is -0.139. The van der Waals surface area contributed by atoms with Crippen molar-refractivity contribution >= 4 is 0 Å². The number of rotatable bonds is 2. The third-order valence-corrected chi connectivity index (χ3v) is 4.71. The molecule has 116 valence electrons. The van der Waals surface area contributed by atoms with E-state index in [0.29, 0.717) is 0 Å². The Hall–Kier alpha value is -1.30. The van der Waals surface area contributed by atoms with Gasteiger partial charge in [-0.3, -0.25) is 4.98 Å². The zero-order valence-corrected chi connectivity index (χ0v) is 11.7. The van der Waals surface area contributed by atoms with Crippen LogP contribution in [0.15, 0.2) is 18.5 Å².